The molecule has 3 nitrogen and oxygen atoms in total. The predicted molar refractivity (Wildman–Crippen MR) is 90.7 cm³/mol. The minimum atomic E-state index is 0.0293. The van der Waals surface area contributed by atoms with Gasteiger partial charge in [-0.25, -0.2) is 0 Å². The average molecular weight is 311 g/mol. The maximum absolute atomic E-state index is 11.8. The van der Waals surface area contributed by atoms with Gasteiger partial charge in [-0.3, -0.25) is 4.79 Å². The first-order valence-corrected chi connectivity index (χ1v) is 8.32. The SMILES string of the molecule is O=C(CSCc1cccc2ccccc12)NCc1ccco1. The smallest absolute Gasteiger partial charge is 0.230 e. The summed E-state index contributed by atoms with van der Waals surface area (Å²) in [4.78, 5) is 11.8. The summed E-state index contributed by atoms with van der Waals surface area (Å²) in [5.41, 5.74) is 1.27. The van der Waals surface area contributed by atoms with Gasteiger partial charge in [-0.05, 0) is 28.5 Å². The first kappa shape index (κ1) is 14.7. The van der Waals surface area contributed by atoms with Gasteiger partial charge in [0.25, 0.3) is 0 Å². The highest BCUT2D eigenvalue weighted by Crippen LogP contribution is 2.22. The molecule has 0 aliphatic rings. The Morgan fingerprint density at radius 3 is 2.77 bits per heavy atom. The summed E-state index contributed by atoms with van der Waals surface area (Å²) in [6, 6.07) is 18.3. The van der Waals surface area contributed by atoms with Crippen LogP contribution in [0.5, 0.6) is 0 Å². The lowest BCUT2D eigenvalue weighted by atomic mass is 10.1. The van der Waals surface area contributed by atoms with Crippen molar-refractivity contribution in [2.24, 2.45) is 0 Å². The van der Waals surface area contributed by atoms with Crippen LogP contribution in [-0.2, 0) is 17.1 Å². The van der Waals surface area contributed by atoms with E-state index in [2.05, 4.69) is 35.6 Å². The van der Waals surface area contributed by atoms with Crippen LogP contribution in [0.3, 0.4) is 0 Å². The third-order valence-electron chi connectivity index (χ3n) is 3.41. The van der Waals surface area contributed by atoms with E-state index in [1.807, 2.05) is 24.3 Å². The zero-order valence-corrected chi connectivity index (χ0v) is 12.9. The molecule has 0 aliphatic carbocycles. The lowest BCUT2D eigenvalue weighted by Gasteiger charge is -2.07. The van der Waals surface area contributed by atoms with E-state index >= 15 is 0 Å². The summed E-state index contributed by atoms with van der Waals surface area (Å²) in [5.74, 6) is 2.08. The molecule has 0 unspecified atom stereocenters. The topological polar surface area (TPSA) is 42.2 Å². The number of benzene rings is 2. The van der Waals surface area contributed by atoms with Crippen molar-refractivity contribution in [1.29, 1.82) is 0 Å². The third kappa shape index (κ3) is 3.71. The highest BCUT2D eigenvalue weighted by Gasteiger charge is 2.05. The number of hydrogen-bond donors (Lipinski definition) is 1. The molecule has 2 aromatic carbocycles. The molecule has 0 aliphatic heterocycles. The Morgan fingerprint density at radius 1 is 1.05 bits per heavy atom. The Balaban J connectivity index is 1.50. The van der Waals surface area contributed by atoms with E-state index in [4.69, 9.17) is 4.42 Å². The van der Waals surface area contributed by atoms with E-state index in [-0.39, 0.29) is 5.91 Å². The van der Waals surface area contributed by atoms with E-state index in [0.29, 0.717) is 12.3 Å². The van der Waals surface area contributed by atoms with E-state index in [1.54, 1.807) is 18.0 Å². The second-order valence-electron chi connectivity index (χ2n) is 4.99. The molecule has 4 heteroatoms. The van der Waals surface area contributed by atoms with Crippen molar-refractivity contribution in [3.8, 4) is 0 Å². The normalized spacial score (nSPS) is 10.7. The molecular weight excluding hydrogens is 294 g/mol. The molecular formula is C18H17NO2S. The van der Waals surface area contributed by atoms with Crippen molar-refractivity contribution in [3.63, 3.8) is 0 Å². The highest BCUT2D eigenvalue weighted by molar-refractivity contribution is 7.99. The second-order valence-corrected chi connectivity index (χ2v) is 5.97. The average Bonchev–Trinajstić information content (AvgIpc) is 3.07. The Labute approximate surface area is 133 Å². The van der Waals surface area contributed by atoms with Gasteiger partial charge in [-0.1, -0.05) is 42.5 Å². The highest BCUT2D eigenvalue weighted by atomic mass is 32.2. The van der Waals surface area contributed by atoms with Gasteiger partial charge in [0.15, 0.2) is 0 Å². The Kier molecular flexibility index (Phi) is 4.81. The first-order valence-electron chi connectivity index (χ1n) is 7.16. The number of fused-ring (bicyclic) bond motifs is 1. The Morgan fingerprint density at radius 2 is 1.91 bits per heavy atom. The number of rotatable bonds is 6. The maximum atomic E-state index is 11.8. The second kappa shape index (κ2) is 7.18. The number of carbonyl (C=O) groups is 1. The van der Waals surface area contributed by atoms with Gasteiger partial charge < -0.3 is 9.73 Å². The molecule has 0 saturated heterocycles. The molecule has 0 fully saturated rings. The fourth-order valence-corrected chi connectivity index (χ4v) is 3.18. The molecule has 3 aromatic rings. The molecule has 112 valence electrons. The van der Waals surface area contributed by atoms with Crippen molar-refractivity contribution in [3.05, 3.63) is 72.2 Å². The van der Waals surface area contributed by atoms with E-state index in [0.717, 1.165) is 11.5 Å². The van der Waals surface area contributed by atoms with E-state index < -0.39 is 0 Å². The van der Waals surface area contributed by atoms with Gasteiger partial charge in [0.1, 0.15) is 5.76 Å². The lowest BCUT2D eigenvalue weighted by Crippen LogP contribution is -2.24. The molecule has 1 aromatic heterocycles. The number of furan rings is 1. The van der Waals surface area contributed by atoms with Crippen molar-refractivity contribution in [2.45, 2.75) is 12.3 Å². The number of thioether (sulfide) groups is 1. The lowest BCUT2D eigenvalue weighted by molar-refractivity contribution is -0.118. The summed E-state index contributed by atoms with van der Waals surface area (Å²) in [5, 5.41) is 5.35. The number of nitrogens with one attached hydrogen (secondary N) is 1. The van der Waals surface area contributed by atoms with Crippen molar-refractivity contribution >= 4 is 28.4 Å². The van der Waals surface area contributed by atoms with Gasteiger partial charge in [0, 0.05) is 5.75 Å². The minimum Gasteiger partial charge on any atom is -0.467 e. The molecule has 0 spiro atoms. The van der Waals surface area contributed by atoms with Gasteiger partial charge >= 0.3 is 0 Å². The molecule has 0 radical (unpaired) electrons. The Hall–Kier alpha value is -2.20. The molecule has 0 bridgehead atoms. The monoisotopic (exact) mass is 311 g/mol. The number of carbonyl (C=O) groups excluding carboxylic acids is 1. The molecule has 22 heavy (non-hydrogen) atoms. The van der Waals surface area contributed by atoms with Crippen molar-refractivity contribution in [2.75, 3.05) is 5.75 Å². The number of amides is 1. The minimum absolute atomic E-state index is 0.0293. The maximum Gasteiger partial charge on any atom is 0.230 e. The third-order valence-corrected chi connectivity index (χ3v) is 4.39. The van der Waals surface area contributed by atoms with Gasteiger partial charge in [-0.2, -0.15) is 0 Å². The molecule has 0 saturated carbocycles. The van der Waals surface area contributed by atoms with Crippen LogP contribution in [0.25, 0.3) is 10.8 Å². The zero-order valence-electron chi connectivity index (χ0n) is 12.1. The first-order chi connectivity index (χ1) is 10.8. The largest absolute Gasteiger partial charge is 0.467 e. The van der Waals surface area contributed by atoms with Crippen LogP contribution in [0.1, 0.15) is 11.3 Å². The van der Waals surface area contributed by atoms with Gasteiger partial charge in [-0.15, -0.1) is 11.8 Å². The molecule has 1 N–H and O–H groups in total. The number of hydrogen-bond acceptors (Lipinski definition) is 3. The molecule has 1 amide bonds. The summed E-state index contributed by atoms with van der Waals surface area (Å²) >= 11 is 1.62. The van der Waals surface area contributed by atoms with Gasteiger partial charge in [0.05, 0.1) is 18.6 Å². The van der Waals surface area contributed by atoms with Crippen molar-refractivity contribution in [1.82, 2.24) is 5.32 Å². The summed E-state index contributed by atoms with van der Waals surface area (Å²) < 4.78 is 5.18. The summed E-state index contributed by atoms with van der Waals surface area (Å²) in [6.07, 6.45) is 1.61. The van der Waals surface area contributed by atoms with Crippen LogP contribution in [0.15, 0.2) is 65.3 Å². The van der Waals surface area contributed by atoms with E-state index in [1.165, 1.54) is 16.3 Å². The van der Waals surface area contributed by atoms with Gasteiger partial charge in [0.2, 0.25) is 5.91 Å². The molecule has 3 rings (SSSR count). The Bertz CT molecular complexity index is 747. The zero-order chi connectivity index (χ0) is 15.2. The fourth-order valence-electron chi connectivity index (χ4n) is 2.32. The van der Waals surface area contributed by atoms with Crippen LogP contribution in [-0.4, -0.2) is 11.7 Å². The van der Waals surface area contributed by atoms with Crippen LogP contribution in [0.2, 0.25) is 0 Å². The van der Waals surface area contributed by atoms with Crippen LogP contribution >= 0.6 is 11.8 Å². The van der Waals surface area contributed by atoms with Crippen molar-refractivity contribution < 1.29 is 9.21 Å². The molecule has 0 atom stereocenters. The summed E-state index contributed by atoms with van der Waals surface area (Å²) in [6.45, 7) is 0.445. The fraction of sp³-hybridized carbons (Fsp3) is 0.167. The van der Waals surface area contributed by atoms with Crippen LogP contribution in [0, 0.1) is 0 Å². The van der Waals surface area contributed by atoms with Crippen LogP contribution in [0.4, 0.5) is 0 Å². The molecule has 1 heterocycles. The van der Waals surface area contributed by atoms with E-state index in [9.17, 15) is 4.79 Å². The predicted octanol–water partition coefficient (Wildman–Crippen LogP) is 3.98. The standard InChI is InChI=1S/C18H17NO2S/c20-18(19-11-16-8-4-10-21-16)13-22-12-15-7-3-6-14-5-1-2-9-17(14)15/h1-10H,11-13H2,(H,19,20). The quantitative estimate of drug-likeness (QED) is 0.748. The van der Waals surface area contributed by atoms with Crippen LogP contribution < -0.4 is 5.32 Å². The summed E-state index contributed by atoms with van der Waals surface area (Å²) in [7, 11) is 0.